The fourth-order valence-electron chi connectivity index (χ4n) is 2.43. The lowest BCUT2D eigenvalue weighted by Gasteiger charge is -2.26. The molecule has 0 radical (unpaired) electrons. The molecule has 0 amide bonds. The van der Waals surface area contributed by atoms with E-state index in [1.165, 1.54) is 19.3 Å². The van der Waals surface area contributed by atoms with Crippen molar-refractivity contribution in [1.29, 1.82) is 0 Å². The predicted molar refractivity (Wildman–Crippen MR) is 69.3 cm³/mol. The number of nitrogens with one attached hydrogen (secondary N) is 1. The van der Waals surface area contributed by atoms with Gasteiger partial charge < -0.3 is 9.45 Å². The minimum atomic E-state index is -2.19. The van der Waals surface area contributed by atoms with E-state index in [-0.39, 0.29) is 0 Å². The van der Waals surface area contributed by atoms with Gasteiger partial charge in [-0.3, -0.25) is 9.31 Å². The van der Waals surface area contributed by atoms with Gasteiger partial charge in [-0.15, -0.1) is 0 Å². The van der Waals surface area contributed by atoms with Crippen LogP contribution in [-0.4, -0.2) is 32.0 Å². The van der Waals surface area contributed by atoms with Crippen LogP contribution in [-0.2, 0) is 11.1 Å². The molecule has 1 aromatic carbocycles. The summed E-state index contributed by atoms with van der Waals surface area (Å²) in [5.41, 5.74) is 0.879. The zero-order valence-corrected chi connectivity index (χ0v) is 10.7. The van der Waals surface area contributed by atoms with Crippen LogP contribution < -0.4 is 4.90 Å². The van der Waals surface area contributed by atoms with Gasteiger partial charge >= 0.3 is 0 Å². The van der Waals surface area contributed by atoms with Crippen LogP contribution in [0.3, 0.4) is 0 Å². The Bertz CT molecular complexity index is 590. The van der Waals surface area contributed by atoms with Gasteiger partial charge in [-0.25, -0.2) is 0 Å². The van der Waals surface area contributed by atoms with Crippen molar-refractivity contribution in [3.05, 3.63) is 18.2 Å². The summed E-state index contributed by atoms with van der Waals surface area (Å²) in [6.07, 6.45) is 3.59. The van der Waals surface area contributed by atoms with Crippen LogP contribution in [0.1, 0.15) is 19.3 Å². The molecule has 3 rings (SSSR count). The second-order valence-electron chi connectivity index (χ2n) is 4.54. The topological polar surface area (TPSA) is 72.0 Å². The quantitative estimate of drug-likeness (QED) is 0.839. The van der Waals surface area contributed by atoms with E-state index >= 15 is 0 Å². The molecule has 1 aromatic heterocycles. The van der Waals surface area contributed by atoms with Crippen LogP contribution in [0.25, 0.3) is 10.9 Å². The van der Waals surface area contributed by atoms with Crippen molar-refractivity contribution in [2.45, 2.75) is 24.2 Å². The first kappa shape index (κ1) is 11.7. The number of aromatic nitrogens is 2. The summed E-state index contributed by atoms with van der Waals surface area (Å²) in [4.78, 5) is 2.53. The van der Waals surface area contributed by atoms with E-state index in [9.17, 15) is 8.76 Å². The molecule has 1 fully saturated rings. The highest BCUT2D eigenvalue weighted by Gasteiger charge is 2.16. The molecule has 0 bridgehead atoms. The van der Waals surface area contributed by atoms with Gasteiger partial charge in [0.2, 0.25) is 0 Å². The van der Waals surface area contributed by atoms with Crippen LogP contribution in [0.5, 0.6) is 0 Å². The van der Waals surface area contributed by atoms with Crippen molar-refractivity contribution in [1.82, 2.24) is 10.2 Å². The first-order chi connectivity index (χ1) is 8.75. The number of nitrogens with zero attached hydrogens (tertiary/aromatic N) is 2. The van der Waals surface area contributed by atoms with Crippen LogP contribution in [0.15, 0.2) is 23.1 Å². The smallest absolute Gasteiger partial charge is 0.158 e. The standard InChI is InChI=1S/C12H15N3O2S/c16-18(17)9-4-5-11-10(8-9)12(14-13-11)15-6-2-1-3-7-15/h4-5,8H,1-3,6-7H2,(H,13,14)(H,16,17)/p-1. The third-order valence-electron chi connectivity index (χ3n) is 3.36. The molecule has 1 N–H and O–H groups in total. The average Bonchev–Trinajstić information content (AvgIpc) is 2.82. The Morgan fingerprint density at radius 2 is 2.06 bits per heavy atom. The summed E-state index contributed by atoms with van der Waals surface area (Å²) >= 11 is -2.19. The van der Waals surface area contributed by atoms with Crippen molar-refractivity contribution in [2.24, 2.45) is 0 Å². The molecule has 1 aliphatic rings. The summed E-state index contributed by atoms with van der Waals surface area (Å²) < 4.78 is 22.0. The minimum Gasteiger partial charge on any atom is -0.768 e. The first-order valence-corrected chi connectivity index (χ1v) is 7.15. The molecule has 5 nitrogen and oxygen atoms in total. The third-order valence-corrected chi connectivity index (χ3v) is 4.00. The highest BCUT2D eigenvalue weighted by atomic mass is 32.2. The van der Waals surface area contributed by atoms with Crippen molar-refractivity contribution in [3.63, 3.8) is 0 Å². The zero-order valence-electron chi connectivity index (χ0n) is 9.89. The number of benzene rings is 1. The third kappa shape index (κ3) is 2.02. The molecule has 1 saturated heterocycles. The number of hydrogen-bond donors (Lipinski definition) is 1. The molecule has 6 heteroatoms. The van der Waals surface area contributed by atoms with Gasteiger partial charge in [0.1, 0.15) is 0 Å². The lowest BCUT2D eigenvalue weighted by molar-refractivity contribution is 0.537. The molecule has 0 aliphatic carbocycles. The number of H-pyrrole nitrogens is 1. The summed E-state index contributed by atoms with van der Waals surface area (Å²) in [5, 5.41) is 8.17. The van der Waals surface area contributed by atoms with Crippen molar-refractivity contribution in [3.8, 4) is 0 Å². The molecule has 0 saturated carbocycles. The molecule has 1 unspecified atom stereocenters. The Hall–Kier alpha value is -1.40. The molecule has 96 valence electrons. The SMILES string of the molecule is O=S([O-])c1ccc2[nH]nc(N3CCCCC3)c2c1. The molecular formula is C12H14N3O2S-. The van der Waals surface area contributed by atoms with Crippen LogP contribution >= 0.6 is 0 Å². The average molecular weight is 264 g/mol. The fourth-order valence-corrected chi connectivity index (χ4v) is 2.82. The fraction of sp³-hybridized carbons (Fsp3) is 0.417. The summed E-state index contributed by atoms with van der Waals surface area (Å²) in [7, 11) is 0. The maximum absolute atomic E-state index is 11.0. The number of piperidine rings is 1. The van der Waals surface area contributed by atoms with Gasteiger partial charge in [0.15, 0.2) is 5.82 Å². The van der Waals surface area contributed by atoms with Crippen molar-refractivity contribution < 1.29 is 8.76 Å². The molecule has 1 atom stereocenters. The molecular weight excluding hydrogens is 250 g/mol. The van der Waals surface area contributed by atoms with E-state index in [4.69, 9.17) is 0 Å². The van der Waals surface area contributed by atoms with Crippen LogP contribution in [0, 0.1) is 0 Å². The summed E-state index contributed by atoms with van der Waals surface area (Å²) in [6.45, 7) is 1.98. The van der Waals surface area contributed by atoms with Gasteiger partial charge in [-0.2, -0.15) is 5.10 Å². The van der Waals surface area contributed by atoms with Gasteiger partial charge in [0, 0.05) is 23.4 Å². The predicted octanol–water partition coefficient (Wildman–Crippen LogP) is 1.79. The highest BCUT2D eigenvalue weighted by Crippen LogP contribution is 2.27. The van der Waals surface area contributed by atoms with E-state index in [0.29, 0.717) is 4.90 Å². The molecule has 0 spiro atoms. The maximum Gasteiger partial charge on any atom is 0.158 e. The number of fused-ring (bicyclic) bond motifs is 1. The Balaban J connectivity index is 2.05. The highest BCUT2D eigenvalue weighted by molar-refractivity contribution is 7.79. The first-order valence-electron chi connectivity index (χ1n) is 6.08. The van der Waals surface area contributed by atoms with Crippen LogP contribution in [0.4, 0.5) is 5.82 Å². The second-order valence-corrected chi connectivity index (χ2v) is 5.48. The second kappa shape index (κ2) is 4.70. The number of rotatable bonds is 2. The zero-order chi connectivity index (χ0) is 12.5. The van der Waals surface area contributed by atoms with E-state index in [0.717, 1.165) is 29.8 Å². The Labute approximate surface area is 107 Å². The molecule has 18 heavy (non-hydrogen) atoms. The lowest BCUT2D eigenvalue weighted by Crippen LogP contribution is -2.29. The van der Waals surface area contributed by atoms with E-state index in [1.807, 2.05) is 0 Å². The summed E-state index contributed by atoms with van der Waals surface area (Å²) in [6, 6.07) is 5.04. The van der Waals surface area contributed by atoms with Crippen LogP contribution in [0.2, 0.25) is 0 Å². The lowest BCUT2D eigenvalue weighted by atomic mass is 10.1. The van der Waals surface area contributed by atoms with E-state index in [1.54, 1.807) is 18.2 Å². The van der Waals surface area contributed by atoms with Gasteiger partial charge in [-0.05, 0) is 48.5 Å². The number of aromatic amines is 1. The number of anilines is 1. The maximum atomic E-state index is 11.0. The van der Waals surface area contributed by atoms with Crippen molar-refractivity contribution in [2.75, 3.05) is 18.0 Å². The Morgan fingerprint density at radius 1 is 1.28 bits per heavy atom. The normalized spacial score (nSPS) is 18.2. The molecule has 2 heterocycles. The van der Waals surface area contributed by atoms with Gasteiger partial charge in [0.25, 0.3) is 0 Å². The Kier molecular flexibility index (Phi) is 3.05. The van der Waals surface area contributed by atoms with Crippen molar-refractivity contribution >= 4 is 27.8 Å². The van der Waals surface area contributed by atoms with Gasteiger partial charge in [0.05, 0.1) is 5.52 Å². The minimum absolute atomic E-state index is 0.308. The molecule has 1 aliphatic heterocycles. The van der Waals surface area contributed by atoms with E-state index < -0.39 is 11.1 Å². The largest absolute Gasteiger partial charge is 0.768 e. The van der Waals surface area contributed by atoms with E-state index in [2.05, 4.69) is 15.1 Å². The number of hydrogen-bond acceptors (Lipinski definition) is 4. The monoisotopic (exact) mass is 264 g/mol. The Morgan fingerprint density at radius 3 is 2.78 bits per heavy atom. The molecule has 2 aromatic rings. The summed E-state index contributed by atoms with van der Waals surface area (Å²) in [5.74, 6) is 0.872. The van der Waals surface area contributed by atoms with Gasteiger partial charge in [-0.1, -0.05) is 0 Å².